The van der Waals surface area contributed by atoms with E-state index in [0.29, 0.717) is 30.1 Å². The van der Waals surface area contributed by atoms with E-state index in [1.165, 1.54) is 25.7 Å². The number of allylic oxidation sites excluding steroid dienone is 2. The van der Waals surface area contributed by atoms with E-state index < -0.39 is 17.8 Å². The molecule has 3 N–H and O–H groups in total. The van der Waals surface area contributed by atoms with E-state index in [-0.39, 0.29) is 11.4 Å². The summed E-state index contributed by atoms with van der Waals surface area (Å²) in [6.45, 7) is 8.56. The molecule has 3 aliphatic rings. The van der Waals surface area contributed by atoms with Crippen molar-refractivity contribution >= 4 is 23.6 Å². The van der Waals surface area contributed by atoms with Gasteiger partial charge in [-0.3, -0.25) is 14.9 Å². The number of amides is 1. The summed E-state index contributed by atoms with van der Waals surface area (Å²) in [6, 6.07) is 0.429. The highest BCUT2D eigenvalue weighted by Gasteiger charge is 2.41. The van der Waals surface area contributed by atoms with Crippen LogP contribution in [-0.4, -0.2) is 33.8 Å². The average molecular weight is 395 g/mol. The van der Waals surface area contributed by atoms with Gasteiger partial charge in [0.1, 0.15) is 5.50 Å². The molecule has 0 spiro atoms. The van der Waals surface area contributed by atoms with Crippen molar-refractivity contribution in [3.8, 4) is 0 Å². The Labute approximate surface area is 167 Å². The first-order valence-electron chi connectivity index (χ1n) is 10.4. The van der Waals surface area contributed by atoms with Gasteiger partial charge in [-0.25, -0.2) is 0 Å². The van der Waals surface area contributed by atoms with E-state index in [4.69, 9.17) is 0 Å². The van der Waals surface area contributed by atoms with E-state index >= 15 is 0 Å². The molecule has 0 aromatic rings. The zero-order chi connectivity index (χ0) is 19.7. The third-order valence-corrected chi connectivity index (χ3v) is 8.21. The van der Waals surface area contributed by atoms with Crippen LogP contribution in [0.15, 0.2) is 11.1 Å². The van der Waals surface area contributed by atoms with Crippen LogP contribution in [0.1, 0.15) is 66.2 Å². The van der Waals surface area contributed by atoms with Crippen LogP contribution in [0.5, 0.6) is 0 Å². The Morgan fingerprint density at radius 2 is 1.63 bits per heavy atom. The molecule has 6 heteroatoms. The molecule has 1 heterocycles. The minimum absolute atomic E-state index is 0.112. The molecule has 0 aromatic carbocycles. The lowest BCUT2D eigenvalue weighted by molar-refractivity contribution is -0.147. The number of hydrogen-bond donors (Lipinski definition) is 3. The lowest BCUT2D eigenvalue weighted by Crippen LogP contribution is -2.49. The van der Waals surface area contributed by atoms with Gasteiger partial charge in [-0.15, -0.1) is 11.8 Å². The summed E-state index contributed by atoms with van der Waals surface area (Å²) in [5, 5.41) is 16.8. The van der Waals surface area contributed by atoms with Crippen LogP contribution < -0.4 is 10.6 Å². The molecule has 5 atom stereocenters. The molecule has 5 nitrogen and oxygen atoms in total. The molecule has 1 saturated carbocycles. The van der Waals surface area contributed by atoms with E-state index in [1.54, 1.807) is 11.8 Å². The minimum Gasteiger partial charge on any atom is -0.481 e. The Morgan fingerprint density at radius 3 is 2.22 bits per heavy atom. The van der Waals surface area contributed by atoms with Crippen molar-refractivity contribution in [1.29, 1.82) is 0 Å². The molecule has 1 aliphatic heterocycles. The maximum atomic E-state index is 12.9. The maximum absolute atomic E-state index is 12.9. The molecule has 27 heavy (non-hydrogen) atoms. The van der Waals surface area contributed by atoms with Crippen LogP contribution in [0.3, 0.4) is 0 Å². The van der Waals surface area contributed by atoms with Crippen LogP contribution in [0.4, 0.5) is 0 Å². The monoisotopic (exact) mass is 394 g/mol. The summed E-state index contributed by atoms with van der Waals surface area (Å²) in [4.78, 5) is 24.6. The summed E-state index contributed by atoms with van der Waals surface area (Å²) >= 11 is 1.77. The van der Waals surface area contributed by atoms with Crippen LogP contribution in [-0.2, 0) is 9.59 Å². The van der Waals surface area contributed by atoms with Crippen LogP contribution in [0, 0.1) is 23.7 Å². The fraction of sp³-hybridized carbons (Fsp3) is 0.810. The Bertz CT molecular complexity index is 613. The molecule has 3 rings (SSSR count). The predicted molar refractivity (Wildman–Crippen MR) is 109 cm³/mol. The summed E-state index contributed by atoms with van der Waals surface area (Å²) in [5.74, 6) is -0.562. The van der Waals surface area contributed by atoms with Crippen molar-refractivity contribution in [3.05, 3.63) is 11.1 Å². The standard InChI is InChI=1S/C21H34N2O3S/c1-11-5-7-15(8-6-11)18-14(4)27-21(22-18)23-19(24)16-9-12(2)13(3)10-17(16)20(25)26/h11,14-18,21-22H,5-10H2,1-4H3,(H,23,24)(H,25,26). The quantitative estimate of drug-likeness (QED) is 0.633. The average Bonchev–Trinajstić information content (AvgIpc) is 2.97. The molecule has 1 amide bonds. The molecule has 0 radical (unpaired) electrons. The third kappa shape index (κ3) is 4.70. The van der Waals surface area contributed by atoms with Gasteiger partial charge in [-0.1, -0.05) is 37.8 Å². The highest BCUT2D eigenvalue weighted by atomic mass is 32.2. The van der Waals surface area contributed by atoms with Crippen molar-refractivity contribution in [2.24, 2.45) is 23.7 Å². The Balaban J connectivity index is 1.60. The number of carboxylic acids is 1. The lowest BCUT2D eigenvalue weighted by Gasteiger charge is -2.33. The SMILES string of the molecule is CC1=C(C)CC(C(=O)NC2NC(C3CCC(C)CC3)C(C)S2)C(C(=O)O)C1. The first kappa shape index (κ1) is 20.7. The van der Waals surface area contributed by atoms with Gasteiger partial charge >= 0.3 is 5.97 Å². The van der Waals surface area contributed by atoms with E-state index in [1.807, 2.05) is 13.8 Å². The van der Waals surface area contributed by atoms with Crippen LogP contribution in [0.25, 0.3) is 0 Å². The van der Waals surface area contributed by atoms with Crippen molar-refractivity contribution in [2.45, 2.75) is 83.0 Å². The van der Waals surface area contributed by atoms with Gasteiger partial charge in [0.25, 0.3) is 0 Å². The number of carboxylic acid groups (broad SMARTS) is 1. The topological polar surface area (TPSA) is 78.4 Å². The Hall–Kier alpha value is -1.01. The summed E-state index contributed by atoms with van der Waals surface area (Å²) in [5.41, 5.74) is 2.15. The number of thioether (sulfide) groups is 1. The first-order chi connectivity index (χ1) is 12.8. The molecule has 0 aromatic heterocycles. The molecular weight excluding hydrogens is 360 g/mol. The van der Waals surface area contributed by atoms with Gasteiger partial charge < -0.3 is 10.4 Å². The maximum Gasteiger partial charge on any atom is 0.307 e. The smallest absolute Gasteiger partial charge is 0.307 e. The van der Waals surface area contributed by atoms with Gasteiger partial charge in [0.05, 0.1) is 11.8 Å². The largest absolute Gasteiger partial charge is 0.481 e. The lowest BCUT2D eigenvalue weighted by atomic mass is 9.76. The summed E-state index contributed by atoms with van der Waals surface area (Å²) in [7, 11) is 0. The summed E-state index contributed by atoms with van der Waals surface area (Å²) in [6.07, 6.45) is 6.14. The second-order valence-electron chi connectivity index (χ2n) is 8.96. The van der Waals surface area contributed by atoms with Crippen molar-refractivity contribution in [3.63, 3.8) is 0 Å². The van der Waals surface area contributed by atoms with Crippen molar-refractivity contribution in [2.75, 3.05) is 0 Å². The fourth-order valence-corrected chi connectivity index (χ4v) is 6.27. The van der Waals surface area contributed by atoms with Crippen molar-refractivity contribution < 1.29 is 14.7 Å². The zero-order valence-electron chi connectivity index (χ0n) is 17.0. The second kappa shape index (κ2) is 8.56. The minimum atomic E-state index is -0.864. The van der Waals surface area contributed by atoms with Crippen molar-refractivity contribution in [1.82, 2.24) is 10.6 Å². The predicted octanol–water partition coefficient (Wildman–Crippen LogP) is 3.75. The normalized spacial score (nSPS) is 40.1. The van der Waals surface area contributed by atoms with E-state index in [0.717, 1.165) is 17.1 Å². The molecule has 152 valence electrons. The second-order valence-corrected chi connectivity index (χ2v) is 10.4. The molecule has 2 aliphatic carbocycles. The van der Waals surface area contributed by atoms with Gasteiger partial charge in [-0.2, -0.15) is 0 Å². The molecular formula is C21H34N2O3S. The number of rotatable bonds is 4. The van der Waals surface area contributed by atoms with Gasteiger partial charge in [0.15, 0.2) is 0 Å². The fourth-order valence-electron chi connectivity index (χ4n) is 4.95. The van der Waals surface area contributed by atoms with Gasteiger partial charge in [-0.05, 0) is 51.4 Å². The molecule has 0 bridgehead atoms. The van der Waals surface area contributed by atoms with Gasteiger partial charge in [0, 0.05) is 11.3 Å². The van der Waals surface area contributed by atoms with Crippen LogP contribution in [0.2, 0.25) is 0 Å². The highest BCUT2D eigenvalue weighted by Crippen LogP contribution is 2.39. The van der Waals surface area contributed by atoms with E-state index in [2.05, 4.69) is 24.5 Å². The third-order valence-electron chi connectivity index (χ3n) is 6.96. The molecule has 5 unspecified atom stereocenters. The van der Waals surface area contributed by atoms with E-state index in [9.17, 15) is 14.7 Å². The zero-order valence-corrected chi connectivity index (χ0v) is 17.8. The number of carbonyl (C=O) groups is 2. The molecule has 2 fully saturated rings. The number of hydrogen-bond acceptors (Lipinski definition) is 4. The highest BCUT2D eigenvalue weighted by molar-refractivity contribution is 8.00. The number of nitrogens with one attached hydrogen (secondary N) is 2. The van der Waals surface area contributed by atoms with Gasteiger partial charge in [0.2, 0.25) is 5.91 Å². The summed E-state index contributed by atoms with van der Waals surface area (Å²) < 4.78 is 0. The number of aliphatic carboxylic acids is 1. The van der Waals surface area contributed by atoms with Crippen LogP contribution >= 0.6 is 11.8 Å². The Morgan fingerprint density at radius 1 is 1.04 bits per heavy atom. The molecule has 1 saturated heterocycles. The Kier molecular flexibility index (Phi) is 6.57. The number of carbonyl (C=O) groups excluding carboxylic acids is 1. The first-order valence-corrected chi connectivity index (χ1v) is 11.3.